The topological polar surface area (TPSA) is 96.2 Å². The molecule has 0 bridgehead atoms. The van der Waals surface area contributed by atoms with Crippen LogP contribution in [0.3, 0.4) is 0 Å². The molecule has 0 aliphatic rings. The maximum atomic E-state index is 11.5. The van der Waals surface area contributed by atoms with Gasteiger partial charge in [0.05, 0.1) is 6.20 Å². The number of hydrogen-bond acceptors (Lipinski definition) is 3. The Bertz CT molecular complexity index is 416. The Labute approximate surface area is 105 Å². The molecule has 2 amide bonds. The molecule has 0 saturated heterocycles. The fourth-order valence-corrected chi connectivity index (χ4v) is 1.43. The summed E-state index contributed by atoms with van der Waals surface area (Å²) in [7, 11) is 1.80. The van der Waals surface area contributed by atoms with Gasteiger partial charge in [-0.1, -0.05) is 0 Å². The van der Waals surface area contributed by atoms with Gasteiger partial charge >= 0.3 is 12.0 Å². The molecule has 3 N–H and O–H groups in total. The van der Waals surface area contributed by atoms with E-state index in [4.69, 9.17) is 5.11 Å². The molecule has 0 saturated carbocycles. The minimum Gasteiger partial charge on any atom is -0.481 e. The molecule has 1 aromatic heterocycles. The Morgan fingerprint density at radius 1 is 1.56 bits per heavy atom. The predicted molar refractivity (Wildman–Crippen MR) is 64.9 cm³/mol. The Hall–Kier alpha value is -2.05. The van der Waals surface area contributed by atoms with Gasteiger partial charge < -0.3 is 15.7 Å². The highest BCUT2D eigenvalue weighted by atomic mass is 16.4. The summed E-state index contributed by atoms with van der Waals surface area (Å²) < 4.78 is 1.66. The molecule has 1 heterocycles. The van der Waals surface area contributed by atoms with Crippen LogP contribution in [0.15, 0.2) is 12.4 Å². The van der Waals surface area contributed by atoms with Gasteiger partial charge in [0.2, 0.25) is 0 Å². The number of carbonyl (C=O) groups is 2. The molecule has 18 heavy (non-hydrogen) atoms. The lowest BCUT2D eigenvalue weighted by Gasteiger charge is -2.13. The molecule has 100 valence electrons. The van der Waals surface area contributed by atoms with E-state index in [1.807, 2.05) is 6.20 Å². The highest BCUT2D eigenvalue weighted by molar-refractivity contribution is 5.74. The Morgan fingerprint density at radius 3 is 2.83 bits per heavy atom. The number of aryl methyl sites for hydroxylation is 1. The number of urea groups is 1. The number of rotatable bonds is 6. The van der Waals surface area contributed by atoms with Crippen molar-refractivity contribution in [3.63, 3.8) is 0 Å². The van der Waals surface area contributed by atoms with Crippen molar-refractivity contribution in [2.24, 2.45) is 7.05 Å². The summed E-state index contributed by atoms with van der Waals surface area (Å²) in [4.78, 5) is 21.8. The van der Waals surface area contributed by atoms with Crippen molar-refractivity contribution >= 4 is 12.0 Å². The van der Waals surface area contributed by atoms with Crippen LogP contribution in [0.5, 0.6) is 0 Å². The van der Waals surface area contributed by atoms with E-state index in [0.29, 0.717) is 13.0 Å². The molecule has 1 aromatic rings. The normalized spacial score (nSPS) is 11.9. The van der Waals surface area contributed by atoms with Crippen molar-refractivity contribution in [3.8, 4) is 0 Å². The molecular weight excluding hydrogens is 236 g/mol. The molecule has 0 aliphatic carbocycles. The third kappa shape index (κ3) is 5.33. The molecule has 0 fully saturated rings. The maximum Gasteiger partial charge on any atom is 0.315 e. The van der Waals surface area contributed by atoms with Gasteiger partial charge in [-0.25, -0.2) is 4.79 Å². The molecule has 7 nitrogen and oxygen atoms in total. The van der Waals surface area contributed by atoms with Crippen LogP contribution in [0.1, 0.15) is 25.3 Å². The van der Waals surface area contributed by atoms with E-state index in [1.54, 1.807) is 24.9 Å². The van der Waals surface area contributed by atoms with E-state index in [2.05, 4.69) is 15.7 Å². The maximum absolute atomic E-state index is 11.5. The number of hydrogen-bond donors (Lipinski definition) is 3. The lowest BCUT2D eigenvalue weighted by molar-refractivity contribution is -0.137. The van der Waals surface area contributed by atoms with Crippen LogP contribution in [-0.2, 0) is 18.4 Å². The first-order chi connectivity index (χ1) is 8.47. The number of aromatic nitrogens is 2. The fourth-order valence-electron chi connectivity index (χ4n) is 1.43. The van der Waals surface area contributed by atoms with Gasteiger partial charge in [0.15, 0.2) is 0 Å². The molecule has 0 spiro atoms. The molecule has 1 atom stereocenters. The van der Waals surface area contributed by atoms with E-state index in [9.17, 15) is 9.59 Å². The van der Waals surface area contributed by atoms with Gasteiger partial charge in [-0.05, 0) is 13.3 Å². The summed E-state index contributed by atoms with van der Waals surface area (Å²) in [6, 6.07) is -0.480. The first kappa shape index (κ1) is 14.0. The summed E-state index contributed by atoms with van der Waals surface area (Å²) in [6.07, 6.45) is 3.95. The standard InChI is InChI=1S/C11H18N4O3/c1-8(3-4-10(16)17)14-11(18)12-5-9-6-13-15(2)7-9/h6-8H,3-5H2,1-2H3,(H,16,17)(H2,12,14,18). The van der Waals surface area contributed by atoms with E-state index >= 15 is 0 Å². The van der Waals surface area contributed by atoms with Crippen molar-refractivity contribution in [2.75, 3.05) is 0 Å². The molecule has 1 rings (SSSR count). The van der Waals surface area contributed by atoms with Crippen molar-refractivity contribution in [1.29, 1.82) is 0 Å². The first-order valence-corrected chi connectivity index (χ1v) is 5.71. The van der Waals surface area contributed by atoms with Crippen molar-refractivity contribution in [3.05, 3.63) is 18.0 Å². The second kappa shape index (κ2) is 6.63. The number of nitrogens with zero attached hydrogens (tertiary/aromatic N) is 2. The van der Waals surface area contributed by atoms with Crippen LogP contribution in [0, 0.1) is 0 Å². The number of carbonyl (C=O) groups excluding carboxylic acids is 1. The number of nitrogens with one attached hydrogen (secondary N) is 2. The minimum absolute atomic E-state index is 0.0457. The summed E-state index contributed by atoms with van der Waals surface area (Å²) in [5.74, 6) is -0.862. The summed E-state index contributed by atoms with van der Waals surface area (Å²) in [6.45, 7) is 2.16. The summed E-state index contributed by atoms with van der Waals surface area (Å²) in [5.41, 5.74) is 0.908. The smallest absolute Gasteiger partial charge is 0.315 e. The highest BCUT2D eigenvalue weighted by Gasteiger charge is 2.08. The zero-order valence-corrected chi connectivity index (χ0v) is 10.5. The van der Waals surface area contributed by atoms with Crippen LogP contribution in [0.4, 0.5) is 4.79 Å². The zero-order valence-electron chi connectivity index (χ0n) is 10.5. The van der Waals surface area contributed by atoms with E-state index in [1.165, 1.54) is 0 Å². The first-order valence-electron chi connectivity index (χ1n) is 5.71. The second-order valence-electron chi connectivity index (χ2n) is 4.18. The van der Waals surface area contributed by atoms with Gasteiger partial charge in [0, 0.05) is 37.8 Å². The Balaban J connectivity index is 2.22. The average molecular weight is 254 g/mol. The van der Waals surface area contributed by atoms with Gasteiger partial charge in [0.25, 0.3) is 0 Å². The van der Waals surface area contributed by atoms with Crippen LogP contribution < -0.4 is 10.6 Å². The lowest BCUT2D eigenvalue weighted by atomic mass is 10.2. The van der Waals surface area contributed by atoms with Crippen molar-refractivity contribution in [1.82, 2.24) is 20.4 Å². The second-order valence-corrected chi connectivity index (χ2v) is 4.18. The molecule has 1 unspecified atom stereocenters. The molecule has 0 aromatic carbocycles. The van der Waals surface area contributed by atoms with Gasteiger partial charge in [-0.2, -0.15) is 5.10 Å². The Morgan fingerprint density at radius 2 is 2.28 bits per heavy atom. The average Bonchev–Trinajstić information content (AvgIpc) is 2.70. The number of amides is 2. The van der Waals surface area contributed by atoms with Crippen LogP contribution >= 0.6 is 0 Å². The van der Waals surface area contributed by atoms with Gasteiger partial charge in [0.1, 0.15) is 0 Å². The zero-order chi connectivity index (χ0) is 13.5. The van der Waals surface area contributed by atoms with E-state index in [0.717, 1.165) is 5.56 Å². The third-order valence-electron chi connectivity index (χ3n) is 2.38. The minimum atomic E-state index is -0.862. The predicted octanol–water partition coefficient (Wildman–Crippen LogP) is 0.473. The molecule has 7 heteroatoms. The molecule has 0 radical (unpaired) electrons. The third-order valence-corrected chi connectivity index (χ3v) is 2.38. The van der Waals surface area contributed by atoms with E-state index < -0.39 is 5.97 Å². The molecule has 0 aliphatic heterocycles. The summed E-state index contributed by atoms with van der Waals surface area (Å²) in [5, 5.41) is 17.8. The van der Waals surface area contributed by atoms with Crippen LogP contribution in [-0.4, -0.2) is 32.9 Å². The van der Waals surface area contributed by atoms with Crippen molar-refractivity contribution in [2.45, 2.75) is 32.4 Å². The summed E-state index contributed by atoms with van der Waals surface area (Å²) >= 11 is 0. The number of aliphatic carboxylic acids is 1. The number of carboxylic acids is 1. The monoisotopic (exact) mass is 254 g/mol. The van der Waals surface area contributed by atoms with Gasteiger partial charge in [-0.15, -0.1) is 0 Å². The molecular formula is C11H18N4O3. The Kier molecular flexibility index (Phi) is 5.16. The SMILES string of the molecule is CC(CCC(=O)O)NC(=O)NCc1cnn(C)c1. The van der Waals surface area contributed by atoms with Crippen LogP contribution in [0.2, 0.25) is 0 Å². The fraction of sp³-hybridized carbons (Fsp3) is 0.545. The van der Waals surface area contributed by atoms with Gasteiger partial charge in [-0.3, -0.25) is 9.48 Å². The van der Waals surface area contributed by atoms with E-state index in [-0.39, 0.29) is 18.5 Å². The highest BCUT2D eigenvalue weighted by Crippen LogP contribution is 1.97. The van der Waals surface area contributed by atoms with Crippen LogP contribution in [0.25, 0.3) is 0 Å². The van der Waals surface area contributed by atoms with Crippen molar-refractivity contribution < 1.29 is 14.7 Å². The number of carboxylic acid groups (broad SMARTS) is 1. The lowest BCUT2D eigenvalue weighted by Crippen LogP contribution is -2.40. The largest absolute Gasteiger partial charge is 0.481 e. The quantitative estimate of drug-likeness (QED) is 0.687.